The van der Waals surface area contributed by atoms with Gasteiger partial charge in [0, 0.05) is 21.3 Å². The molecule has 1 atom stereocenters. The number of rotatable bonds is 8. The second-order valence-electron chi connectivity index (χ2n) is 7.71. The summed E-state index contributed by atoms with van der Waals surface area (Å²) in [6, 6.07) is 32.1. The molecule has 3 N–H and O–H groups in total. The molecule has 4 aromatic carbocycles. The summed E-state index contributed by atoms with van der Waals surface area (Å²) in [7, 11) is 1.62. The van der Waals surface area contributed by atoms with E-state index >= 15 is 0 Å². The first kappa shape index (κ1) is 25.6. The minimum atomic E-state index is -0.462. The number of methoxy groups -OCH3 is 1. The minimum absolute atomic E-state index is 0.125. The van der Waals surface area contributed by atoms with Crippen molar-refractivity contribution in [3.63, 3.8) is 0 Å². The molecule has 0 saturated carbocycles. The first-order valence-electron chi connectivity index (χ1n) is 11.1. The van der Waals surface area contributed by atoms with Crippen molar-refractivity contribution in [1.82, 2.24) is 0 Å². The van der Waals surface area contributed by atoms with E-state index in [1.54, 1.807) is 31.4 Å². The third kappa shape index (κ3) is 7.01. The molecule has 36 heavy (non-hydrogen) atoms. The maximum atomic E-state index is 13.3. The average Bonchev–Trinajstić information content (AvgIpc) is 2.89. The van der Waals surface area contributed by atoms with E-state index in [2.05, 4.69) is 16.0 Å². The predicted molar refractivity (Wildman–Crippen MR) is 154 cm³/mol. The molecule has 0 fully saturated rings. The van der Waals surface area contributed by atoms with Crippen LogP contribution in [0.4, 0.5) is 17.1 Å². The van der Waals surface area contributed by atoms with Crippen LogP contribution in [0.2, 0.25) is 5.02 Å². The van der Waals surface area contributed by atoms with Crippen molar-refractivity contribution < 1.29 is 9.53 Å². The summed E-state index contributed by atoms with van der Waals surface area (Å²) in [5.41, 5.74) is 3.16. The monoisotopic (exact) mass is 533 g/mol. The fraction of sp³-hybridized carbons (Fsp3) is 0.0714. The maximum Gasteiger partial charge on any atom is 0.242 e. The van der Waals surface area contributed by atoms with Crippen LogP contribution >= 0.6 is 35.6 Å². The zero-order valence-electron chi connectivity index (χ0n) is 19.4. The lowest BCUT2D eigenvalue weighted by Gasteiger charge is -2.18. The Morgan fingerprint density at radius 3 is 2.31 bits per heavy atom. The van der Waals surface area contributed by atoms with Gasteiger partial charge >= 0.3 is 0 Å². The predicted octanol–water partition coefficient (Wildman–Crippen LogP) is 7.63. The third-order valence-electron chi connectivity index (χ3n) is 5.15. The summed E-state index contributed by atoms with van der Waals surface area (Å²) in [4.78, 5) is 14.2. The van der Waals surface area contributed by atoms with Crippen molar-refractivity contribution in [2.75, 3.05) is 23.1 Å². The van der Waals surface area contributed by atoms with E-state index in [1.165, 1.54) is 11.8 Å². The highest BCUT2D eigenvalue weighted by Crippen LogP contribution is 2.37. The summed E-state index contributed by atoms with van der Waals surface area (Å²) >= 11 is 12.9. The number of carbonyl (C=O) groups is 1. The Labute approximate surface area is 225 Å². The first-order chi connectivity index (χ1) is 17.5. The highest BCUT2D eigenvalue weighted by molar-refractivity contribution is 8.00. The van der Waals surface area contributed by atoms with E-state index in [1.807, 2.05) is 78.9 Å². The van der Waals surface area contributed by atoms with Crippen molar-refractivity contribution in [1.29, 1.82) is 0 Å². The number of thiocarbonyl (C=S) groups is 1. The number of hydrogen-bond donors (Lipinski definition) is 3. The van der Waals surface area contributed by atoms with E-state index < -0.39 is 5.25 Å². The Balaban J connectivity index is 1.49. The Morgan fingerprint density at radius 1 is 0.833 bits per heavy atom. The zero-order valence-corrected chi connectivity index (χ0v) is 21.8. The maximum absolute atomic E-state index is 13.3. The normalized spacial score (nSPS) is 11.3. The summed E-state index contributed by atoms with van der Waals surface area (Å²) in [6.45, 7) is 0. The second-order valence-corrected chi connectivity index (χ2v) is 9.74. The van der Waals surface area contributed by atoms with Crippen LogP contribution in [0.15, 0.2) is 108 Å². The Morgan fingerprint density at radius 2 is 1.56 bits per heavy atom. The summed E-state index contributed by atoms with van der Waals surface area (Å²) < 4.78 is 5.37. The van der Waals surface area contributed by atoms with Crippen molar-refractivity contribution in [2.24, 2.45) is 0 Å². The number of anilines is 3. The molecular formula is C28H24ClN3O2S2. The second kappa shape index (κ2) is 12.4. The van der Waals surface area contributed by atoms with Gasteiger partial charge in [-0.1, -0.05) is 60.1 Å². The number of halogens is 1. The highest BCUT2D eigenvalue weighted by Gasteiger charge is 2.22. The van der Waals surface area contributed by atoms with E-state index in [4.69, 9.17) is 28.6 Å². The topological polar surface area (TPSA) is 62.4 Å². The quantitative estimate of drug-likeness (QED) is 0.160. The van der Waals surface area contributed by atoms with Crippen LogP contribution in [0.1, 0.15) is 10.8 Å². The van der Waals surface area contributed by atoms with Gasteiger partial charge in [0.25, 0.3) is 0 Å². The summed E-state index contributed by atoms with van der Waals surface area (Å²) in [5.74, 6) is 0.573. The first-order valence-corrected chi connectivity index (χ1v) is 12.8. The molecule has 1 unspecified atom stereocenters. The van der Waals surface area contributed by atoms with Gasteiger partial charge in [-0.05, 0) is 72.4 Å². The third-order valence-corrected chi connectivity index (χ3v) is 6.86. The van der Waals surface area contributed by atoms with Crippen LogP contribution in [-0.2, 0) is 4.79 Å². The van der Waals surface area contributed by atoms with Gasteiger partial charge in [0.15, 0.2) is 5.11 Å². The number of amides is 1. The van der Waals surface area contributed by atoms with Gasteiger partial charge in [0.2, 0.25) is 5.91 Å². The van der Waals surface area contributed by atoms with Gasteiger partial charge < -0.3 is 20.7 Å². The lowest BCUT2D eigenvalue weighted by molar-refractivity contribution is -0.115. The molecule has 0 spiro atoms. The molecule has 8 heteroatoms. The van der Waals surface area contributed by atoms with Gasteiger partial charge in [0.05, 0.1) is 12.8 Å². The minimum Gasteiger partial charge on any atom is -0.495 e. The molecular weight excluding hydrogens is 510 g/mol. The van der Waals surface area contributed by atoms with Gasteiger partial charge in [-0.15, -0.1) is 11.8 Å². The molecule has 0 aliphatic rings. The number of para-hydroxylation sites is 2. The van der Waals surface area contributed by atoms with Crippen molar-refractivity contribution >= 4 is 63.7 Å². The lowest BCUT2D eigenvalue weighted by atomic mass is 10.1. The molecule has 0 aliphatic carbocycles. The van der Waals surface area contributed by atoms with Crippen molar-refractivity contribution in [3.05, 3.63) is 114 Å². The van der Waals surface area contributed by atoms with Crippen LogP contribution in [0.3, 0.4) is 0 Å². The van der Waals surface area contributed by atoms with E-state index in [9.17, 15) is 4.79 Å². The van der Waals surface area contributed by atoms with Crippen molar-refractivity contribution in [2.45, 2.75) is 10.1 Å². The SMILES string of the molecule is COc1ccccc1NC(=S)Nc1cccc(SC(C(=O)Nc2ccc(Cl)cc2)c2ccccc2)c1. The molecule has 0 aromatic heterocycles. The van der Waals surface area contributed by atoms with Crippen LogP contribution in [0, 0.1) is 0 Å². The van der Waals surface area contributed by atoms with E-state index in [-0.39, 0.29) is 5.91 Å². The summed E-state index contributed by atoms with van der Waals surface area (Å²) in [5, 5.41) is 9.95. The highest BCUT2D eigenvalue weighted by atomic mass is 35.5. The number of carbonyl (C=O) groups excluding carboxylic acids is 1. The standard InChI is InChI=1S/C28H24ClN3O2S2/c1-34-25-13-6-5-12-24(25)32-28(35)31-22-10-7-11-23(18-22)36-26(19-8-3-2-4-9-19)27(33)30-21-16-14-20(29)15-17-21/h2-18,26H,1H3,(H,30,33)(H2,31,32,35). The fourth-order valence-electron chi connectivity index (χ4n) is 3.46. The van der Waals surface area contributed by atoms with Crippen LogP contribution in [0.25, 0.3) is 0 Å². The average molecular weight is 534 g/mol. The van der Waals surface area contributed by atoms with Gasteiger partial charge in [-0.2, -0.15) is 0 Å². The zero-order chi connectivity index (χ0) is 25.3. The number of thioether (sulfide) groups is 1. The van der Waals surface area contributed by atoms with Gasteiger partial charge in [-0.3, -0.25) is 4.79 Å². The van der Waals surface area contributed by atoms with Crippen LogP contribution in [-0.4, -0.2) is 18.1 Å². The Hall–Kier alpha value is -3.52. The molecule has 1 amide bonds. The smallest absolute Gasteiger partial charge is 0.242 e. The Bertz CT molecular complexity index is 1330. The number of nitrogens with one attached hydrogen (secondary N) is 3. The molecule has 4 aromatic rings. The van der Waals surface area contributed by atoms with Gasteiger partial charge in [0.1, 0.15) is 11.0 Å². The number of ether oxygens (including phenoxy) is 1. The van der Waals surface area contributed by atoms with Crippen LogP contribution in [0.5, 0.6) is 5.75 Å². The van der Waals surface area contributed by atoms with E-state index in [0.29, 0.717) is 21.6 Å². The van der Waals surface area contributed by atoms with Crippen molar-refractivity contribution in [3.8, 4) is 5.75 Å². The molecule has 0 bridgehead atoms. The lowest BCUT2D eigenvalue weighted by Crippen LogP contribution is -2.20. The van der Waals surface area contributed by atoms with Crippen LogP contribution < -0.4 is 20.7 Å². The van der Waals surface area contributed by atoms with E-state index in [0.717, 1.165) is 21.8 Å². The molecule has 4 rings (SSSR count). The number of benzene rings is 4. The fourth-order valence-corrected chi connectivity index (χ4v) is 4.89. The molecule has 0 heterocycles. The molecule has 182 valence electrons. The Kier molecular flexibility index (Phi) is 8.84. The summed E-state index contributed by atoms with van der Waals surface area (Å²) in [6.07, 6.45) is 0. The molecule has 5 nitrogen and oxygen atoms in total. The molecule has 0 radical (unpaired) electrons. The van der Waals surface area contributed by atoms with Gasteiger partial charge in [-0.25, -0.2) is 0 Å². The largest absolute Gasteiger partial charge is 0.495 e. The molecule has 0 saturated heterocycles. The number of hydrogen-bond acceptors (Lipinski definition) is 4. The molecule has 0 aliphatic heterocycles.